The highest BCUT2D eigenvalue weighted by Gasteiger charge is 2.24. The maximum Gasteiger partial charge on any atom is 0.411 e. The Hall–Kier alpha value is -6.02. The molecular formula is C47H56N6O7. The number of pyridine rings is 1. The Kier molecular flexibility index (Phi) is 15.1. The number of fused-ring (bicyclic) bond motifs is 1. The quantitative estimate of drug-likeness (QED) is 0.0539. The van der Waals surface area contributed by atoms with E-state index in [1.54, 1.807) is 24.1 Å². The minimum absolute atomic E-state index is 0.0560. The number of likely N-dealkylation sites (tertiary alicyclic amines) is 1. The normalized spacial score (nSPS) is 13.8. The van der Waals surface area contributed by atoms with Crippen molar-refractivity contribution in [3.63, 3.8) is 0 Å². The van der Waals surface area contributed by atoms with Crippen molar-refractivity contribution in [3.8, 4) is 16.9 Å². The Labute approximate surface area is 350 Å². The average molecular weight is 817 g/mol. The summed E-state index contributed by atoms with van der Waals surface area (Å²) in [7, 11) is 1.80. The maximum absolute atomic E-state index is 12.9. The number of hydrogen-bond donors (Lipinski definition) is 6. The Morgan fingerprint density at radius 3 is 2.42 bits per heavy atom. The number of piperidine rings is 1. The van der Waals surface area contributed by atoms with E-state index in [1.165, 1.54) is 12.1 Å². The van der Waals surface area contributed by atoms with Crippen LogP contribution in [0.3, 0.4) is 0 Å². The number of benzene rings is 4. The number of hydrogen-bond acceptors (Lipinski definition) is 9. The van der Waals surface area contributed by atoms with E-state index in [0.29, 0.717) is 80.3 Å². The fourth-order valence-electron chi connectivity index (χ4n) is 7.62. The molecule has 0 bridgehead atoms. The Morgan fingerprint density at radius 2 is 1.63 bits per heavy atom. The van der Waals surface area contributed by atoms with Gasteiger partial charge in [-0.15, -0.1) is 0 Å². The predicted octanol–water partition coefficient (Wildman–Crippen LogP) is 7.01. The monoisotopic (exact) mass is 816 g/mol. The molecule has 2 heterocycles. The Morgan fingerprint density at radius 1 is 0.883 bits per heavy atom. The Balaban J connectivity index is 0.845. The lowest BCUT2D eigenvalue weighted by Crippen LogP contribution is -2.40. The number of anilines is 2. The van der Waals surface area contributed by atoms with Gasteiger partial charge in [-0.3, -0.25) is 19.7 Å². The van der Waals surface area contributed by atoms with Crippen molar-refractivity contribution in [1.82, 2.24) is 20.1 Å². The van der Waals surface area contributed by atoms with Gasteiger partial charge in [0, 0.05) is 81.9 Å². The lowest BCUT2D eigenvalue weighted by Gasteiger charge is -2.31. The van der Waals surface area contributed by atoms with Crippen LogP contribution in [-0.2, 0) is 20.9 Å². The number of phenols is 1. The second-order valence-electron chi connectivity index (χ2n) is 15.6. The lowest BCUT2D eigenvalue weighted by molar-refractivity contribution is -0.130. The first-order valence-corrected chi connectivity index (χ1v) is 20.7. The molecule has 1 aromatic heterocycles. The molecule has 0 saturated carbocycles. The molecule has 1 saturated heterocycles. The van der Waals surface area contributed by atoms with Crippen molar-refractivity contribution in [1.29, 1.82) is 0 Å². The van der Waals surface area contributed by atoms with Crippen LogP contribution in [0.1, 0.15) is 66.9 Å². The SMILES string of the molecule is Cc1cc(NC(=O)CCCCN(C)C(=O)CCN2CCC(OC(=O)Nc3ccccc3-c3ccccc3)CC2)c(C)cc1CNCC(O)c1ccc(O)c2[nH]c(=O)ccc12. The van der Waals surface area contributed by atoms with E-state index in [9.17, 15) is 29.4 Å². The molecule has 0 spiro atoms. The third-order valence-corrected chi connectivity index (χ3v) is 11.1. The molecule has 60 heavy (non-hydrogen) atoms. The fraction of sp³-hybridized carbons (Fsp3) is 0.362. The molecule has 1 fully saturated rings. The van der Waals surface area contributed by atoms with E-state index in [4.69, 9.17) is 4.74 Å². The van der Waals surface area contributed by atoms with Gasteiger partial charge < -0.3 is 40.4 Å². The van der Waals surface area contributed by atoms with E-state index >= 15 is 0 Å². The summed E-state index contributed by atoms with van der Waals surface area (Å²) in [6, 6.07) is 27.6. The van der Waals surface area contributed by atoms with Crippen molar-refractivity contribution >= 4 is 40.2 Å². The zero-order valence-corrected chi connectivity index (χ0v) is 34.6. The van der Waals surface area contributed by atoms with E-state index < -0.39 is 12.2 Å². The van der Waals surface area contributed by atoms with Crippen LogP contribution in [0.4, 0.5) is 16.2 Å². The molecule has 5 aromatic rings. The molecule has 3 amide bonds. The topological polar surface area (TPSA) is 176 Å². The summed E-state index contributed by atoms with van der Waals surface area (Å²) in [6.45, 7) is 7.38. The van der Waals surface area contributed by atoms with Gasteiger partial charge in [0.1, 0.15) is 11.9 Å². The molecule has 13 heteroatoms. The number of aromatic amines is 1. The summed E-state index contributed by atoms with van der Waals surface area (Å²) >= 11 is 0. The van der Waals surface area contributed by atoms with Gasteiger partial charge in [0.25, 0.3) is 0 Å². The second-order valence-corrected chi connectivity index (χ2v) is 15.6. The number of carbonyl (C=O) groups is 3. The first kappa shape index (κ1) is 43.6. The number of aliphatic hydroxyl groups is 1. The van der Waals surface area contributed by atoms with Crippen LogP contribution < -0.4 is 21.5 Å². The summed E-state index contributed by atoms with van der Waals surface area (Å²) < 4.78 is 5.76. The molecule has 1 aliphatic heterocycles. The van der Waals surface area contributed by atoms with Gasteiger partial charge >= 0.3 is 6.09 Å². The molecule has 1 atom stereocenters. The first-order valence-electron chi connectivity index (χ1n) is 20.7. The maximum atomic E-state index is 12.9. The predicted molar refractivity (Wildman–Crippen MR) is 235 cm³/mol. The average Bonchev–Trinajstić information content (AvgIpc) is 3.24. The zero-order valence-electron chi connectivity index (χ0n) is 34.6. The molecule has 0 aliphatic carbocycles. The van der Waals surface area contributed by atoms with Gasteiger partial charge in [0.15, 0.2) is 0 Å². The van der Waals surface area contributed by atoms with Gasteiger partial charge in [-0.2, -0.15) is 0 Å². The minimum Gasteiger partial charge on any atom is -0.506 e. The number of aromatic hydroxyl groups is 1. The third-order valence-electron chi connectivity index (χ3n) is 11.1. The van der Waals surface area contributed by atoms with Gasteiger partial charge in [-0.05, 0) is 91.6 Å². The number of para-hydroxylation sites is 1. The summed E-state index contributed by atoms with van der Waals surface area (Å²) in [4.78, 5) is 56.9. The van der Waals surface area contributed by atoms with Gasteiger partial charge in [0.05, 0.1) is 17.3 Å². The van der Waals surface area contributed by atoms with Crippen LogP contribution in [0.25, 0.3) is 22.0 Å². The molecule has 4 aromatic carbocycles. The third kappa shape index (κ3) is 11.8. The molecule has 0 radical (unpaired) electrons. The van der Waals surface area contributed by atoms with Crippen LogP contribution >= 0.6 is 0 Å². The highest BCUT2D eigenvalue weighted by atomic mass is 16.6. The zero-order chi connectivity index (χ0) is 42.6. The van der Waals surface area contributed by atoms with Gasteiger partial charge in [0.2, 0.25) is 17.4 Å². The minimum atomic E-state index is -0.870. The molecule has 1 unspecified atom stereocenters. The fourth-order valence-corrected chi connectivity index (χ4v) is 7.62. The van der Waals surface area contributed by atoms with Crippen LogP contribution in [0.15, 0.2) is 95.8 Å². The van der Waals surface area contributed by atoms with Crippen LogP contribution in [-0.4, -0.2) is 88.8 Å². The second kappa shape index (κ2) is 20.8. The van der Waals surface area contributed by atoms with Crippen molar-refractivity contribution < 1.29 is 29.3 Å². The summed E-state index contributed by atoms with van der Waals surface area (Å²) in [5.74, 6) is -0.0693. The summed E-state index contributed by atoms with van der Waals surface area (Å²) in [5.41, 5.74) is 6.90. The first-order chi connectivity index (χ1) is 28.9. The molecule has 316 valence electrons. The van der Waals surface area contributed by atoms with Crippen LogP contribution in [0, 0.1) is 13.8 Å². The number of ether oxygens (including phenoxy) is 1. The van der Waals surface area contributed by atoms with Crippen LogP contribution in [0.5, 0.6) is 5.75 Å². The number of aliphatic hydroxyl groups excluding tert-OH is 1. The number of aryl methyl sites for hydroxylation is 2. The number of phenolic OH excluding ortho intramolecular Hbond substituents is 1. The highest BCUT2D eigenvalue weighted by Crippen LogP contribution is 2.30. The molecular weight excluding hydrogens is 761 g/mol. The summed E-state index contributed by atoms with van der Waals surface area (Å²) in [5, 5.41) is 30.9. The van der Waals surface area contributed by atoms with E-state index in [-0.39, 0.29) is 35.8 Å². The van der Waals surface area contributed by atoms with Crippen molar-refractivity contribution in [2.75, 3.05) is 50.4 Å². The highest BCUT2D eigenvalue weighted by molar-refractivity contribution is 5.92. The van der Waals surface area contributed by atoms with E-state index in [0.717, 1.165) is 46.6 Å². The molecule has 13 nitrogen and oxygen atoms in total. The lowest BCUT2D eigenvalue weighted by atomic mass is 10.0. The standard InChI is InChI=1S/C47H56N6O7/c1-31-28-40(32(2)27-34(31)29-48-30-42(55)37-16-18-41(54)46-38(37)17-19-44(57)51-46)49-43(56)15-9-10-23-52(3)45(58)22-26-53-24-20-35(21-25-53)60-47(59)50-39-14-8-7-13-36(39)33-11-5-4-6-12-33/h4-8,11-14,16-19,27-28,35,42,48,54-55H,9-10,15,20-26,29-30H2,1-3H3,(H,49,56)(H,50,59)(H,51,57). The van der Waals surface area contributed by atoms with Gasteiger partial charge in [-0.25, -0.2) is 4.79 Å². The number of amides is 3. The Bertz CT molecular complexity index is 2320. The number of unbranched alkanes of at least 4 members (excludes halogenated alkanes) is 1. The number of H-pyrrole nitrogens is 1. The number of nitrogens with one attached hydrogen (secondary N) is 4. The van der Waals surface area contributed by atoms with Crippen molar-refractivity contribution in [3.05, 3.63) is 124 Å². The number of carbonyl (C=O) groups excluding carboxylic acids is 3. The molecule has 1 aliphatic rings. The largest absolute Gasteiger partial charge is 0.506 e. The number of rotatable bonds is 17. The van der Waals surface area contributed by atoms with Crippen molar-refractivity contribution in [2.45, 2.75) is 71.1 Å². The van der Waals surface area contributed by atoms with E-state index in [2.05, 4.69) is 25.8 Å². The smallest absolute Gasteiger partial charge is 0.411 e. The van der Waals surface area contributed by atoms with Crippen molar-refractivity contribution in [2.24, 2.45) is 0 Å². The van der Waals surface area contributed by atoms with E-state index in [1.807, 2.05) is 80.6 Å². The number of aromatic nitrogens is 1. The molecule has 6 rings (SSSR count). The van der Waals surface area contributed by atoms with Gasteiger partial charge in [-0.1, -0.05) is 60.7 Å². The summed E-state index contributed by atoms with van der Waals surface area (Å²) in [6.07, 6.45) is 2.01. The van der Waals surface area contributed by atoms with Crippen LogP contribution in [0.2, 0.25) is 0 Å². The molecule has 6 N–H and O–H groups in total. The number of nitrogens with zero attached hydrogens (tertiary/aromatic N) is 2.